The number of likely N-dealkylation sites (tertiary alicyclic amines) is 1. The van der Waals surface area contributed by atoms with Crippen LogP contribution in [0.15, 0.2) is 0 Å². The fraction of sp³-hybridized carbons (Fsp3) is 1.00. The van der Waals surface area contributed by atoms with Crippen LogP contribution in [0.4, 0.5) is 0 Å². The highest BCUT2D eigenvalue weighted by Gasteiger charge is 2.45. The van der Waals surface area contributed by atoms with Gasteiger partial charge in [0.15, 0.2) is 0 Å². The maximum absolute atomic E-state index is 3.77. The number of nitrogens with zero attached hydrogens (tertiary/aromatic N) is 1. The molecule has 0 aromatic carbocycles. The summed E-state index contributed by atoms with van der Waals surface area (Å²) in [5.41, 5.74) is 0.625. The summed E-state index contributed by atoms with van der Waals surface area (Å²) in [7, 11) is 2.24. The van der Waals surface area contributed by atoms with Crippen molar-refractivity contribution in [2.75, 3.05) is 26.7 Å². The molecule has 0 aromatic rings. The fourth-order valence-electron chi connectivity index (χ4n) is 2.95. The lowest BCUT2D eigenvalue weighted by molar-refractivity contribution is 0.189. The van der Waals surface area contributed by atoms with Gasteiger partial charge in [-0.05, 0) is 70.1 Å². The Morgan fingerprint density at radius 1 is 1.31 bits per heavy atom. The maximum Gasteiger partial charge on any atom is 0.00680 e. The van der Waals surface area contributed by atoms with Gasteiger partial charge in [-0.15, -0.1) is 0 Å². The van der Waals surface area contributed by atoms with Crippen LogP contribution < -0.4 is 5.32 Å². The van der Waals surface area contributed by atoms with Crippen LogP contribution in [0, 0.1) is 17.3 Å². The summed E-state index contributed by atoms with van der Waals surface area (Å²) < 4.78 is 0. The lowest BCUT2D eigenvalue weighted by Crippen LogP contribution is -2.41. The van der Waals surface area contributed by atoms with Crippen molar-refractivity contribution in [3.05, 3.63) is 0 Å². The van der Waals surface area contributed by atoms with Gasteiger partial charge in [0, 0.05) is 6.04 Å². The number of piperidine rings is 1. The molecule has 1 N–H and O–H groups in total. The smallest absolute Gasteiger partial charge is 0.00680 e. The fourth-order valence-corrected chi connectivity index (χ4v) is 2.95. The molecule has 0 aromatic heterocycles. The zero-order chi connectivity index (χ0) is 11.8. The van der Waals surface area contributed by atoms with E-state index in [0.29, 0.717) is 11.5 Å². The molecular formula is C14H28N2. The van der Waals surface area contributed by atoms with E-state index in [1.807, 2.05) is 0 Å². The van der Waals surface area contributed by atoms with Crippen LogP contribution in [0.2, 0.25) is 0 Å². The first-order valence-corrected chi connectivity index (χ1v) is 6.91. The van der Waals surface area contributed by atoms with E-state index in [4.69, 9.17) is 0 Å². The van der Waals surface area contributed by atoms with E-state index in [1.54, 1.807) is 0 Å². The van der Waals surface area contributed by atoms with E-state index in [9.17, 15) is 0 Å². The second kappa shape index (κ2) is 4.66. The minimum Gasteiger partial charge on any atom is -0.314 e. The first-order chi connectivity index (χ1) is 7.49. The molecule has 2 nitrogen and oxygen atoms in total. The zero-order valence-electron chi connectivity index (χ0n) is 11.4. The second-order valence-electron chi connectivity index (χ2n) is 6.73. The first-order valence-electron chi connectivity index (χ1n) is 6.91. The number of hydrogen-bond donors (Lipinski definition) is 1. The van der Waals surface area contributed by atoms with Crippen molar-refractivity contribution in [2.24, 2.45) is 17.3 Å². The molecule has 1 saturated carbocycles. The number of hydrogen-bond acceptors (Lipinski definition) is 2. The summed E-state index contributed by atoms with van der Waals surface area (Å²) in [4.78, 5) is 2.45. The zero-order valence-corrected chi connectivity index (χ0v) is 11.4. The van der Waals surface area contributed by atoms with E-state index in [-0.39, 0.29) is 0 Å². The van der Waals surface area contributed by atoms with Gasteiger partial charge in [0.2, 0.25) is 0 Å². The Hall–Kier alpha value is -0.0800. The third-order valence-electron chi connectivity index (χ3n) is 4.87. The van der Waals surface area contributed by atoms with E-state index in [0.717, 1.165) is 11.8 Å². The van der Waals surface area contributed by atoms with Crippen molar-refractivity contribution in [3.63, 3.8) is 0 Å². The van der Waals surface area contributed by atoms with Crippen LogP contribution in [0.1, 0.15) is 40.0 Å². The highest BCUT2D eigenvalue weighted by Crippen LogP contribution is 2.51. The molecule has 0 spiro atoms. The van der Waals surface area contributed by atoms with Gasteiger partial charge in [-0.2, -0.15) is 0 Å². The van der Waals surface area contributed by atoms with Gasteiger partial charge in [0.25, 0.3) is 0 Å². The van der Waals surface area contributed by atoms with E-state index < -0.39 is 0 Å². The molecule has 2 rings (SSSR count). The van der Waals surface area contributed by atoms with Crippen LogP contribution >= 0.6 is 0 Å². The van der Waals surface area contributed by atoms with E-state index in [1.165, 1.54) is 38.9 Å². The van der Waals surface area contributed by atoms with Crippen molar-refractivity contribution >= 4 is 0 Å². The van der Waals surface area contributed by atoms with Crippen molar-refractivity contribution in [3.8, 4) is 0 Å². The molecule has 16 heavy (non-hydrogen) atoms. The molecule has 2 aliphatic rings. The largest absolute Gasteiger partial charge is 0.314 e. The van der Waals surface area contributed by atoms with Gasteiger partial charge < -0.3 is 10.2 Å². The maximum atomic E-state index is 3.77. The van der Waals surface area contributed by atoms with Gasteiger partial charge in [0.05, 0.1) is 0 Å². The predicted molar refractivity (Wildman–Crippen MR) is 69.6 cm³/mol. The van der Waals surface area contributed by atoms with Crippen LogP contribution in [-0.2, 0) is 0 Å². The minimum atomic E-state index is 0.625. The SMILES string of the molecule is CC(NCC1CC1(C)C)C1CCN(C)CC1. The summed E-state index contributed by atoms with van der Waals surface area (Å²) in [5.74, 6) is 1.83. The van der Waals surface area contributed by atoms with Crippen molar-refractivity contribution < 1.29 is 0 Å². The van der Waals surface area contributed by atoms with Crippen molar-refractivity contribution in [1.82, 2.24) is 10.2 Å². The molecule has 1 saturated heterocycles. The molecule has 1 aliphatic carbocycles. The van der Waals surface area contributed by atoms with E-state index in [2.05, 4.69) is 38.0 Å². The normalized spacial score (nSPS) is 32.6. The standard InChI is InChI=1S/C14H28N2/c1-11(12-5-7-16(4)8-6-12)15-10-13-9-14(13,2)3/h11-13,15H,5-10H2,1-4H3. The van der Waals surface area contributed by atoms with Crippen LogP contribution in [0.25, 0.3) is 0 Å². The molecule has 1 aliphatic heterocycles. The molecule has 1 heterocycles. The van der Waals surface area contributed by atoms with Crippen LogP contribution in [-0.4, -0.2) is 37.6 Å². The second-order valence-corrected chi connectivity index (χ2v) is 6.73. The summed E-state index contributed by atoms with van der Waals surface area (Å²) in [6, 6.07) is 0.713. The Kier molecular flexibility index (Phi) is 3.60. The summed E-state index contributed by atoms with van der Waals surface area (Å²) in [6.07, 6.45) is 4.16. The predicted octanol–water partition coefficient (Wildman–Crippen LogP) is 2.35. The summed E-state index contributed by atoms with van der Waals surface area (Å²) in [6.45, 7) is 11.0. The van der Waals surface area contributed by atoms with Gasteiger partial charge >= 0.3 is 0 Å². The monoisotopic (exact) mass is 224 g/mol. The van der Waals surface area contributed by atoms with Crippen LogP contribution in [0.5, 0.6) is 0 Å². The Bertz CT molecular complexity index is 229. The van der Waals surface area contributed by atoms with Gasteiger partial charge in [-0.3, -0.25) is 0 Å². The van der Waals surface area contributed by atoms with E-state index >= 15 is 0 Å². The average Bonchev–Trinajstić information content (AvgIpc) is 2.84. The summed E-state index contributed by atoms with van der Waals surface area (Å²) in [5, 5.41) is 3.77. The van der Waals surface area contributed by atoms with Gasteiger partial charge in [-0.1, -0.05) is 13.8 Å². The highest BCUT2D eigenvalue weighted by molar-refractivity contribution is 4.96. The third-order valence-corrected chi connectivity index (χ3v) is 4.87. The van der Waals surface area contributed by atoms with Crippen molar-refractivity contribution in [1.29, 1.82) is 0 Å². The lowest BCUT2D eigenvalue weighted by Gasteiger charge is -2.33. The molecule has 0 amide bonds. The van der Waals surface area contributed by atoms with Crippen LogP contribution in [0.3, 0.4) is 0 Å². The molecule has 2 fully saturated rings. The average molecular weight is 224 g/mol. The molecular weight excluding hydrogens is 196 g/mol. The Morgan fingerprint density at radius 2 is 1.88 bits per heavy atom. The Labute approximate surface area is 101 Å². The number of rotatable bonds is 4. The molecule has 0 radical (unpaired) electrons. The number of nitrogens with one attached hydrogen (secondary N) is 1. The highest BCUT2D eigenvalue weighted by atomic mass is 15.1. The summed E-state index contributed by atoms with van der Waals surface area (Å²) >= 11 is 0. The minimum absolute atomic E-state index is 0.625. The third kappa shape index (κ3) is 2.98. The molecule has 0 bridgehead atoms. The first kappa shape index (κ1) is 12.4. The topological polar surface area (TPSA) is 15.3 Å². The van der Waals surface area contributed by atoms with Gasteiger partial charge in [0.1, 0.15) is 0 Å². The molecule has 94 valence electrons. The molecule has 2 unspecified atom stereocenters. The Balaban J connectivity index is 1.66. The molecule has 2 heteroatoms. The lowest BCUT2D eigenvalue weighted by atomic mass is 9.90. The van der Waals surface area contributed by atoms with Crippen molar-refractivity contribution in [2.45, 2.75) is 46.1 Å². The molecule has 2 atom stereocenters. The Morgan fingerprint density at radius 3 is 2.38 bits per heavy atom. The van der Waals surface area contributed by atoms with Gasteiger partial charge in [-0.25, -0.2) is 0 Å². The quantitative estimate of drug-likeness (QED) is 0.788.